The first-order valence-corrected chi connectivity index (χ1v) is 6.00. The standard InChI is InChI=1S/C14H17NO/c1-10-6-11(10)7-15-8-12-9-16-14-5-3-2-4-13(12)14/h2-5,9-11,15H,6-8H2,1H3. The van der Waals surface area contributed by atoms with Crippen LogP contribution in [0.15, 0.2) is 34.9 Å². The van der Waals surface area contributed by atoms with Gasteiger partial charge in [0.05, 0.1) is 6.26 Å². The summed E-state index contributed by atoms with van der Waals surface area (Å²) < 4.78 is 5.50. The molecule has 2 heteroatoms. The maximum absolute atomic E-state index is 5.50. The van der Waals surface area contributed by atoms with E-state index < -0.39 is 0 Å². The van der Waals surface area contributed by atoms with Gasteiger partial charge in [-0.2, -0.15) is 0 Å². The maximum atomic E-state index is 5.50. The Bertz CT molecular complexity index is 488. The lowest BCUT2D eigenvalue weighted by Crippen LogP contribution is -2.16. The van der Waals surface area contributed by atoms with Gasteiger partial charge in [-0.15, -0.1) is 0 Å². The van der Waals surface area contributed by atoms with E-state index in [0.717, 1.165) is 30.5 Å². The molecule has 1 aliphatic rings. The third-order valence-electron chi connectivity index (χ3n) is 3.56. The molecule has 1 aromatic carbocycles. The third kappa shape index (κ3) is 1.85. The van der Waals surface area contributed by atoms with Crippen LogP contribution >= 0.6 is 0 Å². The van der Waals surface area contributed by atoms with Crippen LogP contribution in [0.25, 0.3) is 11.0 Å². The molecule has 0 spiro atoms. The van der Waals surface area contributed by atoms with E-state index in [2.05, 4.69) is 24.4 Å². The zero-order valence-electron chi connectivity index (χ0n) is 9.57. The first kappa shape index (κ1) is 9.91. The molecule has 1 N–H and O–H groups in total. The average molecular weight is 215 g/mol. The molecule has 0 saturated heterocycles. The van der Waals surface area contributed by atoms with Gasteiger partial charge in [-0.1, -0.05) is 25.1 Å². The van der Waals surface area contributed by atoms with Crippen LogP contribution in [0.2, 0.25) is 0 Å². The van der Waals surface area contributed by atoms with Gasteiger partial charge in [0.2, 0.25) is 0 Å². The Kier molecular flexibility index (Phi) is 2.44. The van der Waals surface area contributed by atoms with E-state index in [0.29, 0.717) is 0 Å². The zero-order chi connectivity index (χ0) is 11.0. The number of benzene rings is 1. The van der Waals surface area contributed by atoms with Gasteiger partial charge in [-0.25, -0.2) is 0 Å². The van der Waals surface area contributed by atoms with Crippen LogP contribution in [0.1, 0.15) is 18.9 Å². The van der Waals surface area contributed by atoms with Gasteiger partial charge in [-0.3, -0.25) is 0 Å². The molecule has 0 radical (unpaired) electrons. The minimum absolute atomic E-state index is 0.901. The lowest BCUT2D eigenvalue weighted by molar-refractivity contribution is 0.587. The second kappa shape index (κ2) is 3.95. The first-order valence-electron chi connectivity index (χ1n) is 6.00. The maximum Gasteiger partial charge on any atom is 0.134 e. The van der Waals surface area contributed by atoms with E-state index in [1.165, 1.54) is 17.4 Å². The summed E-state index contributed by atoms with van der Waals surface area (Å²) in [6, 6.07) is 8.20. The van der Waals surface area contributed by atoms with E-state index in [1.54, 1.807) is 0 Å². The molecule has 84 valence electrons. The summed E-state index contributed by atoms with van der Waals surface area (Å²) in [5.41, 5.74) is 2.25. The van der Waals surface area contributed by atoms with E-state index in [9.17, 15) is 0 Å². The van der Waals surface area contributed by atoms with Crippen molar-refractivity contribution >= 4 is 11.0 Å². The molecule has 0 bridgehead atoms. The lowest BCUT2D eigenvalue weighted by atomic mass is 10.2. The monoisotopic (exact) mass is 215 g/mol. The van der Waals surface area contributed by atoms with Crippen LogP contribution in [-0.4, -0.2) is 6.54 Å². The van der Waals surface area contributed by atoms with Crippen LogP contribution in [0, 0.1) is 11.8 Å². The fraction of sp³-hybridized carbons (Fsp3) is 0.429. The van der Waals surface area contributed by atoms with Crippen LogP contribution in [0.3, 0.4) is 0 Å². The molecule has 0 aliphatic heterocycles. The summed E-state index contributed by atoms with van der Waals surface area (Å²) in [6.45, 7) is 4.38. The lowest BCUT2D eigenvalue weighted by Gasteiger charge is -2.01. The zero-order valence-corrected chi connectivity index (χ0v) is 9.57. The highest BCUT2D eigenvalue weighted by molar-refractivity contribution is 5.80. The quantitative estimate of drug-likeness (QED) is 0.847. The predicted octanol–water partition coefficient (Wildman–Crippen LogP) is 3.18. The van der Waals surface area contributed by atoms with Crippen molar-refractivity contribution in [1.82, 2.24) is 5.32 Å². The van der Waals surface area contributed by atoms with Crippen LogP contribution in [0.5, 0.6) is 0 Å². The van der Waals surface area contributed by atoms with E-state index in [1.807, 2.05) is 18.4 Å². The highest BCUT2D eigenvalue weighted by Gasteiger charge is 2.31. The fourth-order valence-electron chi connectivity index (χ4n) is 2.25. The average Bonchev–Trinajstić information content (AvgIpc) is 2.86. The molecule has 2 atom stereocenters. The van der Waals surface area contributed by atoms with Crippen molar-refractivity contribution in [2.24, 2.45) is 11.8 Å². The molecule has 1 aliphatic carbocycles. The van der Waals surface area contributed by atoms with Crippen LogP contribution in [0.4, 0.5) is 0 Å². The Morgan fingerprint density at radius 3 is 3.00 bits per heavy atom. The molecule has 2 nitrogen and oxygen atoms in total. The summed E-state index contributed by atoms with van der Waals surface area (Å²) in [7, 11) is 0. The smallest absolute Gasteiger partial charge is 0.134 e. The van der Waals surface area contributed by atoms with Gasteiger partial charge >= 0.3 is 0 Å². The summed E-state index contributed by atoms with van der Waals surface area (Å²) in [4.78, 5) is 0. The molecular weight excluding hydrogens is 198 g/mol. The number of nitrogens with one attached hydrogen (secondary N) is 1. The number of para-hydroxylation sites is 1. The van der Waals surface area contributed by atoms with Crippen LogP contribution < -0.4 is 5.32 Å². The molecular formula is C14H17NO. The van der Waals surface area contributed by atoms with E-state index in [4.69, 9.17) is 4.42 Å². The normalized spacial score (nSPS) is 23.8. The van der Waals surface area contributed by atoms with Crippen molar-refractivity contribution in [3.63, 3.8) is 0 Å². The van der Waals surface area contributed by atoms with Gasteiger partial charge < -0.3 is 9.73 Å². The molecule has 1 aromatic heterocycles. The van der Waals surface area contributed by atoms with Crippen molar-refractivity contribution < 1.29 is 4.42 Å². The summed E-state index contributed by atoms with van der Waals surface area (Å²) in [6.07, 6.45) is 3.26. The number of rotatable bonds is 4. The Balaban J connectivity index is 1.65. The van der Waals surface area contributed by atoms with Crippen molar-refractivity contribution in [3.05, 3.63) is 36.1 Å². The molecule has 0 amide bonds. The van der Waals surface area contributed by atoms with Gasteiger partial charge in [0.1, 0.15) is 5.58 Å². The van der Waals surface area contributed by atoms with E-state index >= 15 is 0 Å². The van der Waals surface area contributed by atoms with Crippen LogP contribution in [-0.2, 0) is 6.54 Å². The Labute approximate surface area is 95.6 Å². The SMILES string of the molecule is CC1CC1CNCc1coc2ccccc12. The highest BCUT2D eigenvalue weighted by Crippen LogP contribution is 2.36. The second-order valence-corrected chi connectivity index (χ2v) is 4.86. The Morgan fingerprint density at radius 1 is 1.38 bits per heavy atom. The minimum atomic E-state index is 0.901. The first-order chi connectivity index (χ1) is 7.84. The number of hydrogen-bond acceptors (Lipinski definition) is 2. The van der Waals surface area contributed by atoms with Gasteiger partial charge in [0, 0.05) is 17.5 Å². The number of furan rings is 1. The topological polar surface area (TPSA) is 25.2 Å². The third-order valence-corrected chi connectivity index (χ3v) is 3.56. The Morgan fingerprint density at radius 2 is 2.19 bits per heavy atom. The molecule has 2 unspecified atom stereocenters. The summed E-state index contributed by atoms with van der Waals surface area (Å²) in [5, 5.41) is 4.75. The van der Waals surface area contributed by atoms with Gasteiger partial charge in [-0.05, 0) is 30.9 Å². The van der Waals surface area contributed by atoms with Crippen molar-refractivity contribution in [3.8, 4) is 0 Å². The molecule has 16 heavy (non-hydrogen) atoms. The number of fused-ring (bicyclic) bond motifs is 1. The fourth-order valence-corrected chi connectivity index (χ4v) is 2.25. The van der Waals surface area contributed by atoms with Crippen molar-refractivity contribution in [2.45, 2.75) is 19.9 Å². The molecule has 3 rings (SSSR count). The van der Waals surface area contributed by atoms with E-state index in [-0.39, 0.29) is 0 Å². The molecule has 1 heterocycles. The molecule has 2 aromatic rings. The Hall–Kier alpha value is -1.28. The minimum Gasteiger partial charge on any atom is -0.464 e. The molecule has 1 saturated carbocycles. The summed E-state index contributed by atoms with van der Waals surface area (Å²) >= 11 is 0. The van der Waals surface area contributed by atoms with Crippen molar-refractivity contribution in [1.29, 1.82) is 0 Å². The van der Waals surface area contributed by atoms with Gasteiger partial charge in [0.15, 0.2) is 0 Å². The van der Waals surface area contributed by atoms with Gasteiger partial charge in [0.25, 0.3) is 0 Å². The summed E-state index contributed by atoms with van der Waals surface area (Å²) in [5.74, 6) is 1.83. The molecule has 1 fully saturated rings. The predicted molar refractivity (Wildman–Crippen MR) is 65.2 cm³/mol. The highest BCUT2D eigenvalue weighted by atomic mass is 16.3. The largest absolute Gasteiger partial charge is 0.464 e. The number of hydrogen-bond donors (Lipinski definition) is 1. The second-order valence-electron chi connectivity index (χ2n) is 4.86. The van der Waals surface area contributed by atoms with Crippen molar-refractivity contribution in [2.75, 3.05) is 6.54 Å².